The monoisotopic (exact) mass is 597 g/mol. The molecule has 0 amide bonds. The quantitative estimate of drug-likeness (QED) is 0.183. The summed E-state index contributed by atoms with van der Waals surface area (Å²) in [5.41, 5.74) is -2.31. The van der Waals surface area contributed by atoms with Gasteiger partial charge in [-0.25, -0.2) is 0 Å². The fraction of sp³-hybridized carbons (Fsp3) is 0.323. The predicted molar refractivity (Wildman–Crippen MR) is 152 cm³/mol. The number of carbonyl (C=O) groups is 1. The van der Waals surface area contributed by atoms with E-state index in [0.29, 0.717) is 24.2 Å². The maximum absolute atomic E-state index is 14.7. The second-order valence-electron chi connectivity index (χ2n) is 10.8. The largest absolute Gasteiger partial charge is 0.490 e. The van der Waals surface area contributed by atoms with Crippen LogP contribution in [0, 0.1) is 10.1 Å². The lowest BCUT2D eigenvalue weighted by molar-refractivity contribution is -0.384. The molecule has 1 saturated heterocycles. The van der Waals surface area contributed by atoms with Crippen molar-refractivity contribution < 1.29 is 37.8 Å². The molecule has 1 fully saturated rings. The van der Waals surface area contributed by atoms with Crippen LogP contribution in [0.1, 0.15) is 29.5 Å². The molecule has 0 spiro atoms. The Hall–Kier alpha value is -4.42. The third-order valence-corrected chi connectivity index (χ3v) is 7.73. The van der Waals surface area contributed by atoms with Crippen molar-refractivity contribution in [3.05, 3.63) is 106 Å². The van der Waals surface area contributed by atoms with E-state index in [-0.39, 0.29) is 54.3 Å². The first kappa shape index (κ1) is 30.1. The number of β-amino-alcohol motifs (C(OH)–C–C–N with tert-alkyl or cyclic N) is 1. The molecule has 226 valence electrons. The fourth-order valence-electron chi connectivity index (χ4n) is 5.57. The maximum Gasteiger partial charge on any atom is 0.422 e. The van der Waals surface area contributed by atoms with Crippen LogP contribution < -0.4 is 4.74 Å². The number of aliphatic hydroxyl groups is 1. The van der Waals surface area contributed by atoms with Crippen molar-refractivity contribution in [3.63, 3.8) is 0 Å². The fourth-order valence-corrected chi connectivity index (χ4v) is 5.57. The number of halogens is 3. The first-order chi connectivity index (χ1) is 20.4. The number of carboxylic acid groups (broad SMARTS) is 1. The summed E-state index contributed by atoms with van der Waals surface area (Å²) < 4.78 is 51.7. The van der Waals surface area contributed by atoms with Gasteiger partial charge in [0.2, 0.25) is 5.60 Å². The second kappa shape index (κ2) is 12.1. The molecule has 43 heavy (non-hydrogen) atoms. The highest BCUT2D eigenvalue weighted by atomic mass is 19.4. The Balaban J connectivity index is 1.39. The number of hydrogen-bond acceptors (Lipinski definition) is 6. The van der Waals surface area contributed by atoms with Gasteiger partial charge in [0.05, 0.1) is 16.9 Å². The SMILES string of the molecule is O=C(O)Cc1cccc(OC2CCN(CC(O)(c3cn(Cc4ccccc4)c4cc([N+](=O)[O-])ccc34)C(F)(F)F)CC2)c1. The molecule has 9 nitrogen and oxygen atoms in total. The number of nitrogens with zero attached hydrogens (tertiary/aromatic N) is 3. The number of benzene rings is 3. The van der Waals surface area contributed by atoms with Gasteiger partial charge >= 0.3 is 12.1 Å². The number of aromatic nitrogens is 1. The van der Waals surface area contributed by atoms with Crippen molar-refractivity contribution in [1.82, 2.24) is 9.47 Å². The molecule has 0 saturated carbocycles. The average Bonchev–Trinajstić information content (AvgIpc) is 3.32. The van der Waals surface area contributed by atoms with Gasteiger partial charge in [0, 0.05) is 55.5 Å². The Bertz CT molecular complexity index is 1620. The van der Waals surface area contributed by atoms with Crippen LogP contribution in [0.4, 0.5) is 18.9 Å². The summed E-state index contributed by atoms with van der Waals surface area (Å²) in [6.45, 7) is -0.112. The molecule has 1 aromatic heterocycles. The zero-order valence-corrected chi connectivity index (χ0v) is 23.0. The third-order valence-electron chi connectivity index (χ3n) is 7.73. The van der Waals surface area contributed by atoms with Gasteiger partial charge in [-0.05, 0) is 42.2 Å². The molecule has 0 radical (unpaired) electrons. The van der Waals surface area contributed by atoms with E-state index >= 15 is 0 Å². The average molecular weight is 598 g/mol. The Morgan fingerprint density at radius 3 is 2.35 bits per heavy atom. The molecule has 0 bridgehead atoms. The standard InChI is InChI=1S/C31H30F3N3O6/c32-31(33,34)30(40,20-35-13-11-24(12-14-35)43-25-8-4-7-22(15-25)16-29(38)39)27-19-36(18-21-5-2-1-3-6-21)28-17-23(37(41)42)9-10-26(27)28/h1-10,15,17,19,24,40H,11-14,16,18,20H2,(H,38,39). The number of hydrogen-bond donors (Lipinski definition) is 2. The molecule has 4 aromatic rings. The van der Waals surface area contributed by atoms with Crippen LogP contribution in [0.2, 0.25) is 0 Å². The minimum Gasteiger partial charge on any atom is -0.490 e. The highest BCUT2D eigenvalue weighted by Gasteiger charge is 2.57. The van der Waals surface area contributed by atoms with Crippen LogP contribution >= 0.6 is 0 Å². The Labute approximate surface area is 244 Å². The topological polar surface area (TPSA) is 118 Å². The smallest absolute Gasteiger partial charge is 0.422 e. The molecular formula is C31H30F3N3O6. The Kier molecular flexibility index (Phi) is 8.43. The van der Waals surface area contributed by atoms with Gasteiger partial charge in [-0.3, -0.25) is 19.8 Å². The molecule has 2 N–H and O–H groups in total. The summed E-state index contributed by atoms with van der Waals surface area (Å²) in [5, 5.41) is 32.0. The third kappa shape index (κ3) is 6.65. The second-order valence-corrected chi connectivity index (χ2v) is 10.8. The molecule has 0 aliphatic carbocycles. The number of rotatable bonds is 10. The maximum atomic E-state index is 14.7. The first-order valence-electron chi connectivity index (χ1n) is 13.7. The highest BCUT2D eigenvalue weighted by Crippen LogP contribution is 2.44. The van der Waals surface area contributed by atoms with Crippen molar-refractivity contribution >= 4 is 22.6 Å². The van der Waals surface area contributed by atoms with Crippen LogP contribution in [0.5, 0.6) is 5.75 Å². The van der Waals surface area contributed by atoms with Crippen LogP contribution in [0.15, 0.2) is 79.0 Å². The molecule has 12 heteroatoms. The number of ether oxygens (including phenoxy) is 1. The van der Waals surface area contributed by atoms with Crippen molar-refractivity contribution in [2.75, 3.05) is 19.6 Å². The summed E-state index contributed by atoms with van der Waals surface area (Å²) in [7, 11) is 0. The Morgan fingerprint density at radius 2 is 1.70 bits per heavy atom. The summed E-state index contributed by atoms with van der Waals surface area (Å²) in [5.74, 6) is -0.478. The minimum atomic E-state index is -5.04. The summed E-state index contributed by atoms with van der Waals surface area (Å²) in [4.78, 5) is 23.4. The predicted octanol–water partition coefficient (Wildman–Crippen LogP) is 5.52. The zero-order chi connectivity index (χ0) is 30.8. The number of non-ortho nitro benzene ring substituents is 1. The van der Waals surface area contributed by atoms with Crippen molar-refractivity contribution in [3.8, 4) is 5.75 Å². The number of nitro groups is 1. The van der Waals surface area contributed by atoms with Crippen molar-refractivity contribution in [2.45, 2.75) is 43.7 Å². The van der Waals surface area contributed by atoms with E-state index in [9.17, 15) is 33.2 Å². The number of likely N-dealkylation sites (tertiary alicyclic amines) is 1. The van der Waals surface area contributed by atoms with Gasteiger partial charge in [-0.2, -0.15) is 13.2 Å². The molecule has 1 aliphatic rings. The van der Waals surface area contributed by atoms with E-state index in [1.165, 1.54) is 22.9 Å². The highest BCUT2D eigenvalue weighted by molar-refractivity contribution is 5.87. The molecule has 3 aromatic carbocycles. The van der Waals surface area contributed by atoms with E-state index < -0.39 is 29.2 Å². The minimum absolute atomic E-state index is 0.0841. The van der Waals surface area contributed by atoms with E-state index in [0.717, 1.165) is 11.6 Å². The first-order valence-corrected chi connectivity index (χ1v) is 13.7. The van der Waals surface area contributed by atoms with Crippen LogP contribution in [0.3, 0.4) is 0 Å². The lowest BCUT2D eigenvalue weighted by Crippen LogP contribution is -2.53. The van der Waals surface area contributed by atoms with Gasteiger partial charge in [0.1, 0.15) is 11.9 Å². The molecular weight excluding hydrogens is 567 g/mol. The van der Waals surface area contributed by atoms with Crippen molar-refractivity contribution in [2.24, 2.45) is 0 Å². The summed E-state index contributed by atoms with van der Waals surface area (Å²) in [6, 6.07) is 19.3. The lowest BCUT2D eigenvalue weighted by Gasteiger charge is -2.39. The molecule has 1 unspecified atom stereocenters. The van der Waals surface area contributed by atoms with Crippen LogP contribution in [0.25, 0.3) is 10.9 Å². The molecule has 1 aliphatic heterocycles. The van der Waals surface area contributed by atoms with Crippen LogP contribution in [-0.2, 0) is 23.4 Å². The van der Waals surface area contributed by atoms with E-state index in [1.54, 1.807) is 59.5 Å². The lowest BCUT2D eigenvalue weighted by atomic mass is 9.91. The summed E-state index contributed by atoms with van der Waals surface area (Å²) in [6.07, 6.45) is -3.43. The number of piperidine rings is 1. The van der Waals surface area contributed by atoms with Gasteiger partial charge in [-0.1, -0.05) is 42.5 Å². The number of fused-ring (bicyclic) bond motifs is 1. The Morgan fingerprint density at radius 1 is 1.00 bits per heavy atom. The van der Waals surface area contributed by atoms with E-state index in [4.69, 9.17) is 9.84 Å². The number of nitro benzene ring substituents is 1. The van der Waals surface area contributed by atoms with Crippen LogP contribution in [-0.4, -0.2) is 62.5 Å². The summed E-state index contributed by atoms with van der Waals surface area (Å²) >= 11 is 0. The number of carboxylic acids is 1. The van der Waals surface area contributed by atoms with Gasteiger partial charge in [0.25, 0.3) is 5.69 Å². The normalized spacial score (nSPS) is 16.2. The van der Waals surface area contributed by atoms with Gasteiger partial charge in [-0.15, -0.1) is 0 Å². The van der Waals surface area contributed by atoms with Gasteiger partial charge in [0.15, 0.2) is 0 Å². The number of alkyl halides is 3. The molecule has 1 atom stereocenters. The van der Waals surface area contributed by atoms with Gasteiger partial charge < -0.3 is 19.5 Å². The van der Waals surface area contributed by atoms with E-state index in [2.05, 4.69) is 0 Å². The zero-order valence-electron chi connectivity index (χ0n) is 23.0. The van der Waals surface area contributed by atoms with Crippen molar-refractivity contribution in [1.29, 1.82) is 0 Å². The van der Waals surface area contributed by atoms with E-state index in [1.807, 2.05) is 0 Å². The number of aliphatic carboxylic acids is 1. The molecule has 2 heterocycles. The molecule has 5 rings (SSSR count).